The van der Waals surface area contributed by atoms with E-state index in [-0.39, 0.29) is 5.56 Å². The van der Waals surface area contributed by atoms with Crippen molar-refractivity contribution in [3.05, 3.63) is 65.2 Å². The number of hydrogen-bond donors (Lipinski definition) is 2. The van der Waals surface area contributed by atoms with Crippen molar-refractivity contribution in [1.82, 2.24) is 5.43 Å². The number of hydrogen-bond acceptors (Lipinski definition) is 3. The summed E-state index contributed by atoms with van der Waals surface area (Å²) in [6.07, 6.45) is 0. The van der Waals surface area contributed by atoms with Crippen molar-refractivity contribution < 1.29 is 13.5 Å². The average Bonchev–Trinajstić information content (AvgIpc) is 2.43. The van der Waals surface area contributed by atoms with E-state index in [9.17, 15) is 8.78 Å². The molecule has 0 saturated carbocycles. The summed E-state index contributed by atoms with van der Waals surface area (Å²) in [7, 11) is 1.52. The summed E-state index contributed by atoms with van der Waals surface area (Å²) in [5.74, 6) is 4.74. The number of nitrogens with one attached hydrogen (secondary N) is 1. The van der Waals surface area contributed by atoms with Gasteiger partial charge >= 0.3 is 0 Å². The minimum atomic E-state index is -0.781. The van der Waals surface area contributed by atoms with Crippen molar-refractivity contribution in [2.45, 2.75) is 6.04 Å². The van der Waals surface area contributed by atoms with Crippen molar-refractivity contribution in [2.75, 3.05) is 7.11 Å². The number of ether oxygens (including phenoxy) is 1. The second-order valence-corrected chi connectivity index (χ2v) is 4.01. The molecule has 0 bridgehead atoms. The number of benzene rings is 2. The van der Waals surface area contributed by atoms with Crippen molar-refractivity contribution >= 4 is 0 Å². The lowest BCUT2D eigenvalue weighted by Crippen LogP contribution is -2.30. The van der Waals surface area contributed by atoms with Gasteiger partial charge in [0.05, 0.1) is 13.2 Å². The molecule has 0 radical (unpaired) electrons. The first-order valence-corrected chi connectivity index (χ1v) is 5.71. The Hall–Kier alpha value is -1.98. The molecule has 0 aromatic heterocycles. The van der Waals surface area contributed by atoms with E-state index >= 15 is 0 Å². The highest BCUT2D eigenvalue weighted by molar-refractivity contribution is 5.37. The second kappa shape index (κ2) is 5.77. The van der Waals surface area contributed by atoms with Gasteiger partial charge in [0.1, 0.15) is 17.4 Å². The molecule has 100 valence electrons. The van der Waals surface area contributed by atoms with Gasteiger partial charge < -0.3 is 4.74 Å². The van der Waals surface area contributed by atoms with Crippen LogP contribution in [0.3, 0.4) is 0 Å². The molecule has 5 heteroatoms. The zero-order chi connectivity index (χ0) is 13.8. The van der Waals surface area contributed by atoms with Crippen molar-refractivity contribution in [3.8, 4) is 5.75 Å². The van der Waals surface area contributed by atoms with E-state index in [1.54, 1.807) is 24.3 Å². The summed E-state index contributed by atoms with van der Waals surface area (Å²) in [6.45, 7) is 0. The maximum Gasteiger partial charge on any atom is 0.131 e. The first kappa shape index (κ1) is 13.5. The number of halogens is 2. The molecule has 0 spiro atoms. The molecule has 2 aromatic rings. The molecule has 3 nitrogen and oxygen atoms in total. The number of rotatable bonds is 4. The molecule has 3 N–H and O–H groups in total. The molecule has 0 fully saturated rings. The van der Waals surface area contributed by atoms with Gasteiger partial charge in [0.15, 0.2) is 0 Å². The molecular weight excluding hydrogens is 250 g/mol. The molecule has 0 saturated heterocycles. The Morgan fingerprint density at radius 2 is 1.74 bits per heavy atom. The van der Waals surface area contributed by atoms with Crippen LogP contribution in [0.1, 0.15) is 17.2 Å². The van der Waals surface area contributed by atoms with Gasteiger partial charge in [0.25, 0.3) is 0 Å². The number of methoxy groups -OCH3 is 1. The molecule has 0 aliphatic heterocycles. The summed E-state index contributed by atoms with van der Waals surface area (Å²) < 4.78 is 32.7. The molecule has 0 aliphatic rings. The van der Waals surface area contributed by atoms with Crippen LogP contribution in [0.15, 0.2) is 42.5 Å². The van der Waals surface area contributed by atoms with Crippen molar-refractivity contribution in [1.29, 1.82) is 0 Å². The molecule has 0 amide bonds. The number of hydrazine groups is 1. The Balaban J connectivity index is 2.50. The summed E-state index contributed by atoms with van der Waals surface area (Å²) >= 11 is 0. The molecule has 0 heterocycles. The highest BCUT2D eigenvalue weighted by Crippen LogP contribution is 2.28. The van der Waals surface area contributed by atoms with Crippen LogP contribution in [-0.2, 0) is 0 Å². The first-order valence-electron chi connectivity index (χ1n) is 5.71. The molecule has 2 aromatic carbocycles. The van der Waals surface area contributed by atoms with Crippen molar-refractivity contribution in [2.24, 2.45) is 5.84 Å². The fraction of sp³-hybridized carbons (Fsp3) is 0.143. The van der Waals surface area contributed by atoms with Gasteiger partial charge in [0, 0.05) is 5.56 Å². The molecule has 2 rings (SSSR count). The fourth-order valence-corrected chi connectivity index (χ4v) is 1.95. The van der Waals surface area contributed by atoms with Gasteiger partial charge in [-0.25, -0.2) is 14.2 Å². The van der Waals surface area contributed by atoms with Crippen LogP contribution in [0.4, 0.5) is 8.78 Å². The molecular formula is C14H14F2N2O. The van der Waals surface area contributed by atoms with Crippen LogP contribution in [-0.4, -0.2) is 7.11 Å². The molecule has 0 aliphatic carbocycles. The van der Waals surface area contributed by atoms with E-state index in [2.05, 4.69) is 5.43 Å². The third-order valence-corrected chi connectivity index (χ3v) is 2.88. The van der Waals surface area contributed by atoms with Crippen LogP contribution in [0, 0.1) is 11.6 Å². The SMILES string of the molecule is COc1cccc(C(NN)c2c(F)cccc2F)c1. The Kier molecular flexibility index (Phi) is 4.09. The Morgan fingerprint density at radius 1 is 1.11 bits per heavy atom. The highest BCUT2D eigenvalue weighted by Gasteiger charge is 2.21. The predicted molar refractivity (Wildman–Crippen MR) is 68.5 cm³/mol. The number of nitrogens with two attached hydrogens (primary N) is 1. The van der Waals surface area contributed by atoms with E-state index in [1.165, 1.54) is 25.3 Å². The minimum Gasteiger partial charge on any atom is -0.497 e. The Labute approximate surface area is 110 Å². The van der Waals surface area contributed by atoms with E-state index in [4.69, 9.17) is 10.6 Å². The smallest absolute Gasteiger partial charge is 0.131 e. The lowest BCUT2D eigenvalue weighted by atomic mass is 9.98. The topological polar surface area (TPSA) is 47.3 Å². The van der Waals surface area contributed by atoms with E-state index < -0.39 is 17.7 Å². The molecule has 1 unspecified atom stereocenters. The third-order valence-electron chi connectivity index (χ3n) is 2.88. The standard InChI is InChI=1S/C14H14F2N2O/c1-19-10-5-2-4-9(8-10)14(18-17)13-11(15)6-3-7-12(13)16/h2-8,14,18H,17H2,1H3. The lowest BCUT2D eigenvalue weighted by molar-refractivity contribution is 0.413. The summed E-state index contributed by atoms with van der Waals surface area (Å²) in [4.78, 5) is 0. The zero-order valence-corrected chi connectivity index (χ0v) is 10.4. The normalized spacial score (nSPS) is 12.2. The summed E-state index contributed by atoms with van der Waals surface area (Å²) in [5, 5.41) is 0. The van der Waals surface area contributed by atoms with Crippen LogP contribution in [0.5, 0.6) is 5.75 Å². The minimum absolute atomic E-state index is 0.113. The largest absolute Gasteiger partial charge is 0.497 e. The summed E-state index contributed by atoms with van der Waals surface area (Å²) in [6, 6.07) is 9.80. The average molecular weight is 264 g/mol. The Bertz CT molecular complexity index is 555. The third kappa shape index (κ3) is 2.72. The van der Waals surface area contributed by atoms with E-state index in [0.717, 1.165) is 0 Å². The van der Waals surface area contributed by atoms with Gasteiger partial charge in [-0.1, -0.05) is 18.2 Å². The van der Waals surface area contributed by atoms with Crippen molar-refractivity contribution in [3.63, 3.8) is 0 Å². The van der Waals surface area contributed by atoms with E-state index in [0.29, 0.717) is 11.3 Å². The van der Waals surface area contributed by atoms with E-state index in [1.807, 2.05) is 0 Å². The second-order valence-electron chi connectivity index (χ2n) is 4.01. The van der Waals surface area contributed by atoms with Gasteiger partial charge in [-0.3, -0.25) is 5.84 Å². The van der Waals surface area contributed by atoms with Gasteiger partial charge in [-0.15, -0.1) is 0 Å². The Morgan fingerprint density at radius 3 is 2.32 bits per heavy atom. The van der Waals surface area contributed by atoms with Crippen LogP contribution < -0.4 is 16.0 Å². The first-order chi connectivity index (χ1) is 9.17. The lowest BCUT2D eigenvalue weighted by Gasteiger charge is -2.18. The highest BCUT2D eigenvalue weighted by atomic mass is 19.1. The van der Waals surface area contributed by atoms with Gasteiger partial charge in [0.2, 0.25) is 0 Å². The van der Waals surface area contributed by atoms with Crippen LogP contribution >= 0.6 is 0 Å². The van der Waals surface area contributed by atoms with Crippen LogP contribution in [0.25, 0.3) is 0 Å². The molecule has 1 atom stereocenters. The monoisotopic (exact) mass is 264 g/mol. The molecule has 19 heavy (non-hydrogen) atoms. The van der Waals surface area contributed by atoms with Gasteiger partial charge in [-0.05, 0) is 29.8 Å². The maximum absolute atomic E-state index is 13.8. The predicted octanol–water partition coefficient (Wildman–Crippen LogP) is 2.53. The van der Waals surface area contributed by atoms with Gasteiger partial charge in [-0.2, -0.15) is 0 Å². The quantitative estimate of drug-likeness (QED) is 0.659. The van der Waals surface area contributed by atoms with Crippen LogP contribution in [0.2, 0.25) is 0 Å². The summed E-state index contributed by atoms with van der Waals surface area (Å²) in [5.41, 5.74) is 2.94. The maximum atomic E-state index is 13.8. The zero-order valence-electron chi connectivity index (χ0n) is 10.4. The fourth-order valence-electron chi connectivity index (χ4n) is 1.95.